The molecule has 0 fully saturated rings. The predicted molar refractivity (Wildman–Crippen MR) is 60.1 cm³/mol. The van der Waals surface area contributed by atoms with Gasteiger partial charge in [0.05, 0.1) is 18.5 Å². The van der Waals surface area contributed by atoms with E-state index in [-0.39, 0.29) is 5.97 Å². The zero-order valence-corrected chi connectivity index (χ0v) is 9.72. The molecular formula is C11H15N3O3. The quantitative estimate of drug-likeness (QED) is 0.482. The van der Waals surface area contributed by atoms with Gasteiger partial charge in [-0.2, -0.15) is 5.10 Å². The smallest absolute Gasteiger partial charge is 0.302 e. The van der Waals surface area contributed by atoms with Crippen molar-refractivity contribution in [3.8, 4) is 0 Å². The molecule has 0 atom stereocenters. The molecule has 17 heavy (non-hydrogen) atoms. The van der Waals surface area contributed by atoms with Crippen LogP contribution in [0.5, 0.6) is 0 Å². The number of oxime groups is 1. The zero-order chi connectivity index (χ0) is 12.3. The van der Waals surface area contributed by atoms with Gasteiger partial charge in [-0.15, -0.1) is 0 Å². The molecule has 0 amide bonds. The highest BCUT2D eigenvalue weighted by Gasteiger charge is 2.20. The first-order valence-corrected chi connectivity index (χ1v) is 5.61. The van der Waals surface area contributed by atoms with Gasteiger partial charge in [0, 0.05) is 18.2 Å². The first-order chi connectivity index (χ1) is 8.22. The number of hydrogen-bond acceptors (Lipinski definition) is 5. The van der Waals surface area contributed by atoms with Gasteiger partial charge in [-0.25, -0.2) is 0 Å². The molecule has 1 aromatic heterocycles. The highest BCUT2D eigenvalue weighted by molar-refractivity contribution is 6.01. The lowest BCUT2D eigenvalue weighted by atomic mass is 9.96. The molecule has 6 nitrogen and oxygen atoms in total. The minimum Gasteiger partial charge on any atom is -0.464 e. The Bertz CT molecular complexity index is 451. The third kappa shape index (κ3) is 2.46. The summed E-state index contributed by atoms with van der Waals surface area (Å²) in [5.41, 5.74) is 2.64. The highest BCUT2D eigenvalue weighted by atomic mass is 16.5. The lowest BCUT2D eigenvalue weighted by Crippen LogP contribution is -2.17. The minimum atomic E-state index is -0.288. The Morgan fingerprint density at radius 2 is 2.47 bits per heavy atom. The van der Waals surface area contributed by atoms with E-state index in [2.05, 4.69) is 10.3 Å². The van der Waals surface area contributed by atoms with Crippen LogP contribution < -0.4 is 0 Å². The van der Waals surface area contributed by atoms with Gasteiger partial charge in [-0.3, -0.25) is 9.48 Å². The molecule has 92 valence electrons. The van der Waals surface area contributed by atoms with Crippen molar-refractivity contribution in [2.24, 2.45) is 5.16 Å². The summed E-state index contributed by atoms with van der Waals surface area (Å²) in [6.45, 7) is 2.23. The zero-order valence-electron chi connectivity index (χ0n) is 9.72. The minimum absolute atomic E-state index is 0.288. The Labute approximate surface area is 98.9 Å². The number of ether oxygens (including phenoxy) is 1. The first kappa shape index (κ1) is 11.6. The van der Waals surface area contributed by atoms with Crippen molar-refractivity contribution in [2.45, 2.75) is 32.7 Å². The van der Waals surface area contributed by atoms with Gasteiger partial charge < -0.3 is 9.94 Å². The lowest BCUT2D eigenvalue weighted by Gasteiger charge is -2.14. The Hall–Kier alpha value is -1.85. The van der Waals surface area contributed by atoms with E-state index >= 15 is 0 Å². The maximum Gasteiger partial charge on any atom is 0.302 e. The van der Waals surface area contributed by atoms with Crippen LogP contribution in [0.4, 0.5) is 0 Å². The molecule has 1 heterocycles. The molecule has 0 radical (unpaired) electrons. The van der Waals surface area contributed by atoms with E-state index in [0.717, 1.165) is 30.5 Å². The average molecular weight is 237 g/mol. The Morgan fingerprint density at radius 1 is 1.65 bits per heavy atom. The summed E-state index contributed by atoms with van der Waals surface area (Å²) in [5.74, 6) is -0.288. The molecule has 6 heteroatoms. The monoisotopic (exact) mass is 237 g/mol. The Kier molecular flexibility index (Phi) is 3.41. The van der Waals surface area contributed by atoms with Crippen LogP contribution in [-0.4, -0.2) is 33.3 Å². The fourth-order valence-corrected chi connectivity index (χ4v) is 2.05. The van der Waals surface area contributed by atoms with E-state index < -0.39 is 0 Å². The summed E-state index contributed by atoms with van der Waals surface area (Å²) in [7, 11) is 0. The third-order valence-electron chi connectivity index (χ3n) is 2.82. The van der Waals surface area contributed by atoms with Crippen LogP contribution in [0.2, 0.25) is 0 Å². The Balaban J connectivity index is 2.10. The van der Waals surface area contributed by atoms with Crippen molar-refractivity contribution < 1.29 is 14.7 Å². The highest BCUT2D eigenvalue weighted by Crippen LogP contribution is 2.21. The van der Waals surface area contributed by atoms with E-state index in [4.69, 9.17) is 9.94 Å². The molecule has 0 aliphatic heterocycles. The molecule has 1 N–H and O–H groups in total. The number of rotatable bonds is 3. The molecule has 0 unspecified atom stereocenters. The number of aromatic nitrogens is 2. The lowest BCUT2D eigenvalue weighted by molar-refractivity contribution is -0.141. The van der Waals surface area contributed by atoms with Gasteiger partial charge in [0.25, 0.3) is 0 Å². The van der Waals surface area contributed by atoms with Gasteiger partial charge in [-0.1, -0.05) is 5.16 Å². The summed E-state index contributed by atoms with van der Waals surface area (Å²) in [5, 5.41) is 16.4. The van der Waals surface area contributed by atoms with Crippen LogP contribution >= 0.6 is 0 Å². The SMILES string of the molecule is CC(=O)OCCn1ncc2c1CCCC2=NO. The molecular weight excluding hydrogens is 222 g/mol. The van der Waals surface area contributed by atoms with Crippen molar-refractivity contribution in [1.82, 2.24) is 9.78 Å². The largest absolute Gasteiger partial charge is 0.464 e. The van der Waals surface area contributed by atoms with E-state index in [1.807, 2.05) is 4.68 Å². The number of esters is 1. The second kappa shape index (κ2) is 4.99. The van der Waals surface area contributed by atoms with Crippen molar-refractivity contribution in [1.29, 1.82) is 0 Å². The van der Waals surface area contributed by atoms with Crippen LogP contribution in [0.1, 0.15) is 31.0 Å². The molecule has 1 aromatic rings. The van der Waals surface area contributed by atoms with Crippen LogP contribution in [-0.2, 0) is 22.5 Å². The fourth-order valence-electron chi connectivity index (χ4n) is 2.05. The molecule has 0 spiro atoms. The van der Waals surface area contributed by atoms with Gasteiger partial charge in [0.2, 0.25) is 0 Å². The number of carbonyl (C=O) groups excluding carboxylic acids is 1. The predicted octanol–water partition coefficient (Wildman–Crippen LogP) is 0.961. The van der Waals surface area contributed by atoms with E-state index in [1.165, 1.54) is 6.92 Å². The second-order valence-electron chi connectivity index (χ2n) is 3.97. The number of carbonyl (C=O) groups is 1. The third-order valence-corrected chi connectivity index (χ3v) is 2.82. The van der Waals surface area contributed by atoms with Crippen LogP contribution in [0, 0.1) is 0 Å². The van der Waals surface area contributed by atoms with Crippen LogP contribution in [0.3, 0.4) is 0 Å². The summed E-state index contributed by atoms with van der Waals surface area (Å²) in [4.78, 5) is 10.7. The standard InChI is InChI=1S/C11H15N3O3/c1-8(15)17-6-5-14-11-4-2-3-10(13-16)9(11)7-12-14/h7,16H,2-6H2,1H3. The normalized spacial score (nSPS) is 16.9. The van der Waals surface area contributed by atoms with Crippen LogP contribution in [0.25, 0.3) is 0 Å². The van der Waals surface area contributed by atoms with Gasteiger partial charge >= 0.3 is 5.97 Å². The number of nitrogens with zero attached hydrogens (tertiary/aromatic N) is 3. The number of fused-ring (bicyclic) bond motifs is 1. The molecule has 0 saturated heterocycles. The molecule has 1 aliphatic rings. The van der Waals surface area contributed by atoms with Gasteiger partial charge in [0.15, 0.2) is 0 Å². The maximum absolute atomic E-state index is 10.7. The molecule has 0 bridgehead atoms. The van der Waals surface area contributed by atoms with Crippen molar-refractivity contribution in [2.75, 3.05) is 6.61 Å². The Morgan fingerprint density at radius 3 is 3.18 bits per heavy atom. The average Bonchev–Trinajstić information content (AvgIpc) is 2.72. The summed E-state index contributed by atoms with van der Waals surface area (Å²) >= 11 is 0. The van der Waals surface area contributed by atoms with Crippen molar-refractivity contribution >= 4 is 11.7 Å². The molecule has 0 saturated carbocycles. The number of hydrogen-bond donors (Lipinski definition) is 1. The van der Waals surface area contributed by atoms with E-state index in [0.29, 0.717) is 18.9 Å². The maximum atomic E-state index is 10.7. The van der Waals surface area contributed by atoms with Gasteiger partial charge in [0.1, 0.15) is 6.61 Å². The van der Waals surface area contributed by atoms with E-state index in [9.17, 15) is 4.79 Å². The molecule has 0 aromatic carbocycles. The molecule has 2 rings (SSSR count). The second-order valence-corrected chi connectivity index (χ2v) is 3.97. The summed E-state index contributed by atoms with van der Waals surface area (Å²) in [6, 6.07) is 0. The molecule has 1 aliphatic carbocycles. The van der Waals surface area contributed by atoms with E-state index in [1.54, 1.807) is 6.20 Å². The van der Waals surface area contributed by atoms with Crippen molar-refractivity contribution in [3.63, 3.8) is 0 Å². The summed E-state index contributed by atoms with van der Waals surface area (Å²) < 4.78 is 6.69. The topological polar surface area (TPSA) is 76.7 Å². The van der Waals surface area contributed by atoms with Gasteiger partial charge in [-0.05, 0) is 19.3 Å². The van der Waals surface area contributed by atoms with Crippen LogP contribution in [0.15, 0.2) is 11.4 Å². The van der Waals surface area contributed by atoms with Crippen molar-refractivity contribution in [3.05, 3.63) is 17.5 Å². The first-order valence-electron chi connectivity index (χ1n) is 5.61. The fraction of sp³-hybridized carbons (Fsp3) is 0.545. The summed E-state index contributed by atoms with van der Waals surface area (Å²) in [6.07, 6.45) is 4.34.